The third kappa shape index (κ3) is 4.24. The molecule has 1 aromatic carbocycles. The van der Waals surface area contributed by atoms with Gasteiger partial charge in [-0.1, -0.05) is 40.9 Å². The third-order valence-corrected chi connectivity index (χ3v) is 4.89. The van der Waals surface area contributed by atoms with Crippen LogP contribution in [-0.2, 0) is 0 Å². The maximum Gasteiger partial charge on any atom is 0.0781 e. The molecule has 108 valence electrons. The molecule has 1 unspecified atom stereocenters. The fourth-order valence-corrected chi connectivity index (χ4v) is 2.25. The van der Waals surface area contributed by atoms with E-state index in [0.717, 1.165) is 12.1 Å². The van der Waals surface area contributed by atoms with Gasteiger partial charge in [-0.2, -0.15) is 0 Å². The molecule has 1 atom stereocenters. The topological polar surface area (TPSA) is 15.3 Å². The molecule has 0 saturated carbocycles. The Morgan fingerprint density at radius 3 is 2.26 bits per heavy atom. The summed E-state index contributed by atoms with van der Waals surface area (Å²) in [5, 5.41) is 4.91. The van der Waals surface area contributed by atoms with Crippen molar-refractivity contribution >= 4 is 34.8 Å². The Bertz CT molecular complexity index is 445. The maximum absolute atomic E-state index is 6.24. The first kappa shape index (κ1) is 17.1. The monoisotopic (exact) mass is 322 g/mol. The largest absolute Gasteiger partial charge is 0.308 e. The van der Waals surface area contributed by atoms with Gasteiger partial charge in [0.2, 0.25) is 0 Å². The number of nitrogens with one attached hydrogen (secondary N) is 1. The number of halogens is 3. The molecule has 0 radical (unpaired) electrons. The lowest BCUT2D eigenvalue weighted by Gasteiger charge is -2.34. The van der Waals surface area contributed by atoms with Crippen LogP contribution in [0, 0.1) is 0 Å². The maximum atomic E-state index is 6.24. The van der Waals surface area contributed by atoms with Gasteiger partial charge in [0.15, 0.2) is 0 Å². The zero-order valence-electron chi connectivity index (χ0n) is 12.0. The summed E-state index contributed by atoms with van der Waals surface area (Å²) < 4.78 is 0. The summed E-state index contributed by atoms with van der Waals surface area (Å²) in [6, 6.07) is 3.80. The van der Waals surface area contributed by atoms with Gasteiger partial charge < -0.3 is 10.2 Å². The second kappa shape index (κ2) is 6.64. The molecule has 19 heavy (non-hydrogen) atoms. The van der Waals surface area contributed by atoms with E-state index in [9.17, 15) is 0 Å². The minimum atomic E-state index is 0.0664. The van der Waals surface area contributed by atoms with Crippen molar-refractivity contribution in [1.29, 1.82) is 0 Å². The molecule has 1 aromatic rings. The number of benzene rings is 1. The first-order valence-electron chi connectivity index (χ1n) is 6.21. The highest BCUT2D eigenvalue weighted by Crippen LogP contribution is 2.35. The van der Waals surface area contributed by atoms with Crippen LogP contribution in [0.25, 0.3) is 0 Å². The quantitative estimate of drug-likeness (QED) is 0.794. The zero-order chi connectivity index (χ0) is 14.8. The number of hydrogen-bond acceptors (Lipinski definition) is 2. The minimum absolute atomic E-state index is 0.0664. The van der Waals surface area contributed by atoms with Gasteiger partial charge in [0.05, 0.1) is 15.1 Å². The van der Waals surface area contributed by atoms with Crippen LogP contribution in [0.5, 0.6) is 0 Å². The molecule has 0 fully saturated rings. The van der Waals surface area contributed by atoms with E-state index in [2.05, 4.69) is 45.1 Å². The normalized spacial score (nSPS) is 13.9. The van der Waals surface area contributed by atoms with Crippen LogP contribution in [0.15, 0.2) is 12.1 Å². The van der Waals surface area contributed by atoms with E-state index in [4.69, 9.17) is 34.8 Å². The second-order valence-electron chi connectivity index (χ2n) is 5.57. The molecular weight excluding hydrogens is 303 g/mol. The van der Waals surface area contributed by atoms with Crippen molar-refractivity contribution in [1.82, 2.24) is 10.2 Å². The van der Waals surface area contributed by atoms with E-state index in [1.54, 1.807) is 6.07 Å². The summed E-state index contributed by atoms with van der Waals surface area (Å²) in [5.41, 5.74) is 1.03. The molecule has 2 nitrogen and oxygen atoms in total. The highest BCUT2D eigenvalue weighted by molar-refractivity contribution is 6.48. The van der Waals surface area contributed by atoms with Crippen molar-refractivity contribution in [2.24, 2.45) is 0 Å². The van der Waals surface area contributed by atoms with Crippen LogP contribution in [0.3, 0.4) is 0 Å². The van der Waals surface area contributed by atoms with Crippen LogP contribution >= 0.6 is 34.8 Å². The molecule has 0 aliphatic carbocycles. The highest BCUT2D eigenvalue weighted by atomic mass is 35.5. The Morgan fingerprint density at radius 2 is 1.74 bits per heavy atom. The molecule has 0 aromatic heterocycles. The summed E-state index contributed by atoms with van der Waals surface area (Å²) in [7, 11) is 4.14. The van der Waals surface area contributed by atoms with Gasteiger partial charge in [0, 0.05) is 18.1 Å². The number of nitrogens with zero attached hydrogens (tertiary/aromatic N) is 1. The molecule has 0 aliphatic rings. The van der Waals surface area contributed by atoms with Gasteiger partial charge >= 0.3 is 0 Å². The van der Waals surface area contributed by atoms with Crippen molar-refractivity contribution < 1.29 is 0 Å². The Balaban J connectivity index is 2.80. The van der Waals surface area contributed by atoms with Crippen molar-refractivity contribution in [2.45, 2.75) is 32.4 Å². The molecule has 0 spiro atoms. The number of hydrogen-bond donors (Lipinski definition) is 1. The zero-order valence-corrected chi connectivity index (χ0v) is 14.3. The van der Waals surface area contributed by atoms with E-state index in [0.29, 0.717) is 15.1 Å². The fraction of sp³-hybridized carbons (Fsp3) is 0.571. The second-order valence-corrected chi connectivity index (χ2v) is 6.74. The van der Waals surface area contributed by atoms with Gasteiger partial charge in [0.1, 0.15) is 0 Å². The van der Waals surface area contributed by atoms with Crippen LogP contribution in [0.4, 0.5) is 0 Å². The van der Waals surface area contributed by atoms with Crippen molar-refractivity contribution in [3.05, 3.63) is 32.8 Å². The molecule has 1 N–H and O–H groups in total. The summed E-state index contributed by atoms with van der Waals surface area (Å²) in [5.74, 6) is 0. The van der Waals surface area contributed by atoms with Crippen LogP contribution in [0.1, 0.15) is 32.4 Å². The molecular formula is C14H21Cl3N2. The Hall–Kier alpha value is 0.01000. The van der Waals surface area contributed by atoms with Gasteiger partial charge in [-0.05, 0) is 46.5 Å². The van der Waals surface area contributed by atoms with Crippen molar-refractivity contribution in [3.8, 4) is 0 Å². The van der Waals surface area contributed by atoms with Crippen LogP contribution in [0.2, 0.25) is 15.1 Å². The minimum Gasteiger partial charge on any atom is -0.308 e. The molecule has 0 amide bonds. The molecule has 0 heterocycles. The van der Waals surface area contributed by atoms with E-state index in [1.807, 2.05) is 6.07 Å². The predicted octanol–water partition coefficient (Wildman–Crippen LogP) is 4.64. The lowest BCUT2D eigenvalue weighted by Crippen LogP contribution is -2.47. The van der Waals surface area contributed by atoms with Crippen LogP contribution < -0.4 is 5.32 Å². The molecule has 0 bridgehead atoms. The highest BCUT2D eigenvalue weighted by Gasteiger charge is 2.22. The van der Waals surface area contributed by atoms with Crippen LogP contribution in [-0.4, -0.2) is 31.1 Å². The SMILES string of the molecule is CC(NCC(C)(C)N(C)C)c1ccc(Cl)c(Cl)c1Cl. The Morgan fingerprint density at radius 1 is 1.16 bits per heavy atom. The van der Waals surface area contributed by atoms with Gasteiger partial charge in [-0.15, -0.1) is 0 Å². The third-order valence-electron chi connectivity index (χ3n) is 3.58. The number of likely N-dealkylation sites (N-methyl/N-ethyl adjacent to an activating group) is 1. The average molecular weight is 324 g/mol. The molecule has 5 heteroatoms. The lowest BCUT2D eigenvalue weighted by atomic mass is 10.0. The smallest absolute Gasteiger partial charge is 0.0781 e. The van der Waals surface area contributed by atoms with E-state index in [1.165, 1.54) is 0 Å². The summed E-state index contributed by atoms with van der Waals surface area (Å²) >= 11 is 18.2. The van der Waals surface area contributed by atoms with E-state index >= 15 is 0 Å². The summed E-state index contributed by atoms with van der Waals surface area (Å²) in [6.07, 6.45) is 0. The standard InChI is InChI=1S/C14H21Cl3N2/c1-9(18-8-14(2,3)19(4)5)10-6-7-11(15)13(17)12(10)16/h6-7,9,18H,8H2,1-5H3. The van der Waals surface area contributed by atoms with E-state index < -0.39 is 0 Å². The van der Waals surface area contributed by atoms with E-state index in [-0.39, 0.29) is 11.6 Å². The predicted molar refractivity (Wildman–Crippen MR) is 85.7 cm³/mol. The Labute approximate surface area is 131 Å². The van der Waals surface area contributed by atoms with Crippen molar-refractivity contribution in [2.75, 3.05) is 20.6 Å². The average Bonchev–Trinajstić information content (AvgIpc) is 2.33. The number of rotatable bonds is 5. The molecule has 1 rings (SSSR count). The lowest BCUT2D eigenvalue weighted by molar-refractivity contribution is 0.185. The fourth-order valence-electron chi connectivity index (χ4n) is 1.55. The summed E-state index contributed by atoms with van der Waals surface area (Å²) in [4.78, 5) is 2.18. The van der Waals surface area contributed by atoms with Gasteiger partial charge in [-0.3, -0.25) is 0 Å². The first-order valence-corrected chi connectivity index (χ1v) is 7.34. The van der Waals surface area contributed by atoms with Gasteiger partial charge in [-0.25, -0.2) is 0 Å². The Kier molecular flexibility index (Phi) is 5.96. The summed E-state index contributed by atoms with van der Waals surface area (Å²) in [6.45, 7) is 7.28. The van der Waals surface area contributed by atoms with Crippen molar-refractivity contribution in [3.63, 3.8) is 0 Å². The molecule has 0 aliphatic heterocycles. The molecule has 0 saturated heterocycles. The first-order chi connectivity index (χ1) is 8.66. The van der Waals surface area contributed by atoms with Gasteiger partial charge in [0.25, 0.3) is 0 Å².